The van der Waals surface area contributed by atoms with Crippen LogP contribution < -0.4 is 10.5 Å². The van der Waals surface area contributed by atoms with Crippen molar-refractivity contribution in [3.8, 4) is 11.5 Å². The van der Waals surface area contributed by atoms with Crippen LogP contribution in [0, 0.1) is 5.82 Å². The van der Waals surface area contributed by atoms with Gasteiger partial charge in [-0.05, 0) is 12.5 Å². The van der Waals surface area contributed by atoms with Gasteiger partial charge in [0.1, 0.15) is 5.82 Å². The molecule has 3 nitrogen and oxygen atoms in total. The molecule has 0 aliphatic carbocycles. The number of hydrogen-bond acceptors (Lipinski definition) is 3. The van der Waals surface area contributed by atoms with E-state index in [1.54, 1.807) is 0 Å². The van der Waals surface area contributed by atoms with E-state index < -0.39 is 5.82 Å². The molecule has 0 aliphatic heterocycles. The van der Waals surface area contributed by atoms with Gasteiger partial charge in [0, 0.05) is 17.7 Å². The standard InChI is InChI=1S/C11H16FNO2/c1-3-4-9(13)8-5-7(12)6-10(15-2)11(8)14/h5-6,9,14H,3-4,13H2,1-2H3/t9-/m1/s1. The molecule has 1 aromatic carbocycles. The van der Waals surface area contributed by atoms with Crippen molar-refractivity contribution in [2.75, 3.05) is 7.11 Å². The summed E-state index contributed by atoms with van der Waals surface area (Å²) in [6.07, 6.45) is 1.57. The Morgan fingerprint density at radius 1 is 1.53 bits per heavy atom. The second-order valence-electron chi connectivity index (χ2n) is 3.44. The van der Waals surface area contributed by atoms with E-state index in [-0.39, 0.29) is 17.5 Å². The summed E-state index contributed by atoms with van der Waals surface area (Å²) in [5.74, 6) is -0.400. The Morgan fingerprint density at radius 2 is 2.20 bits per heavy atom. The molecule has 0 amide bonds. The summed E-state index contributed by atoms with van der Waals surface area (Å²) in [4.78, 5) is 0. The van der Waals surface area contributed by atoms with Crippen LogP contribution in [0.1, 0.15) is 31.4 Å². The molecule has 0 fully saturated rings. The van der Waals surface area contributed by atoms with Crippen molar-refractivity contribution in [3.05, 3.63) is 23.5 Å². The fourth-order valence-electron chi connectivity index (χ4n) is 1.50. The minimum Gasteiger partial charge on any atom is -0.504 e. The first kappa shape index (κ1) is 11.8. The van der Waals surface area contributed by atoms with Crippen LogP contribution in [-0.4, -0.2) is 12.2 Å². The maximum atomic E-state index is 13.1. The first-order chi connectivity index (χ1) is 7.10. The van der Waals surface area contributed by atoms with Crippen LogP contribution >= 0.6 is 0 Å². The third-order valence-electron chi connectivity index (χ3n) is 2.29. The smallest absolute Gasteiger partial charge is 0.163 e. The van der Waals surface area contributed by atoms with Gasteiger partial charge in [0.2, 0.25) is 0 Å². The zero-order valence-corrected chi connectivity index (χ0v) is 8.96. The van der Waals surface area contributed by atoms with Crippen molar-refractivity contribution in [2.24, 2.45) is 5.73 Å². The number of rotatable bonds is 4. The lowest BCUT2D eigenvalue weighted by Crippen LogP contribution is -2.10. The van der Waals surface area contributed by atoms with Crippen LogP contribution in [0.3, 0.4) is 0 Å². The molecular weight excluding hydrogens is 197 g/mol. The largest absolute Gasteiger partial charge is 0.504 e. The third-order valence-corrected chi connectivity index (χ3v) is 2.29. The maximum absolute atomic E-state index is 13.1. The number of hydrogen-bond donors (Lipinski definition) is 2. The first-order valence-electron chi connectivity index (χ1n) is 4.92. The van der Waals surface area contributed by atoms with Crippen molar-refractivity contribution in [3.63, 3.8) is 0 Å². The number of aromatic hydroxyl groups is 1. The highest BCUT2D eigenvalue weighted by atomic mass is 19.1. The van der Waals surface area contributed by atoms with Gasteiger partial charge in [0.25, 0.3) is 0 Å². The van der Waals surface area contributed by atoms with E-state index in [9.17, 15) is 9.50 Å². The molecule has 0 aromatic heterocycles. The van der Waals surface area contributed by atoms with Crippen molar-refractivity contribution in [2.45, 2.75) is 25.8 Å². The van der Waals surface area contributed by atoms with Crippen molar-refractivity contribution in [1.82, 2.24) is 0 Å². The molecule has 4 heteroatoms. The number of nitrogens with two attached hydrogens (primary N) is 1. The second kappa shape index (κ2) is 4.98. The zero-order chi connectivity index (χ0) is 11.4. The predicted octanol–water partition coefficient (Wildman–Crippen LogP) is 2.34. The Labute approximate surface area is 88.7 Å². The highest BCUT2D eigenvalue weighted by Gasteiger charge is 2.15. The highest BCUT2D eigenvalue weighted by Crippen LogP contribution is 2.35. The topological polar surface area (TPSA) is 55.5 Å². The van der Waals surface area contributed by atoms with Gasteiger partial charge in [-0.25, -0.2) is 4.39 Å². The molecule has 0 unspecified atom stereocenters. The second-order valence-corrected chi connectivity index (χ2v) is 3.44. The molecule has 1 atom stereocenters. The SMILES string of the molecule is CCC[C@@H](N)c1cc(F)cc(OC)c1O. The maximum Gasteiger partial charge on any atom is 0.163 e. The minimum atomic E-state index is -0.453. The lowest BCUT2D eigenvalue weighted by Gasteiger charge is -2.14. The zero-order valence-electron chi connectivity index (χ0n) is 8.96. The third kappa shape index (κ3) is 2.59. The summed E-state index contributed by atoms with van der Waals surface area (Å²) in [5, 5.41) is 9.74. The average molecular weight is 213 g/mol. The predicted molar refractivity (Wildman–Crippen MR) is 56.5 cm³/mol. The molecule has 84 valence electrons. The average Bonchev–Trinajstić information content (AvgIpc) is 2.21. The molecule has 0 heterocycles. The van der Waals surface area contributed by atoms with E-state index >= 15 is 0 Å². The van der Waals surface area contributed by atoms with Crippen LogP contribution in [0.2, 0.25) is 0 Å². The van der Waals surface area contributed by atoms with E-state index in [4.69, 9.17) is 10.5 Å². The molecule has 0 radical (unpaired) electrons. The normalized spacial score (nSPS) is 12.5. The number of phenols is 1. The van der Waals surface area contributed by atoms with Gasteiger partial charge in [-0.3, -0.25) is 0 Å². The molecular formula is C11H16FNO2. The Hall–Kier alpha value is -1.29. The highest BCUT2D eigenvalue weighted by molar-refractivity contribution is 5.47. The Bertz CT molecular complexity index is 342. The molecule has 1 aromatic rings. The Balaban J connectivity index is 3.11. The van der Waals surface area contributed by atoms with Crippen LogP contribution in [0.15, 0.2) is 12.1 Å². The number of halogens is 1. The summed E-state index contributed by atoms with van der Waals surface area (Å²) in [6.45, 7) is 1.98. The molecule has 3 N–H and O–H groups in total. The monoisotopic (exact) mass is 213 g/mol. The lowest BCUT2D eigenvalue weighted by atomic mass is 10.0. The number of phenolic OH excluding ortho intramolecular Hbond substituents is 1. The fourth-order valence-corrected chi connectivity index (χ4v) is 1.50. The Kier molecular flexibility index (Phi) is 3.91. The van der Waals surface area contributed by atoms with Gasteiger partial charge >= 0.3 is 0 Å². The molecule has 0 saturated heterocycles. The van der Waals surface area contributed by atoms with Gasteiger partial charge in [-0.15, -0.1) is 0 Å². The molecule has 0 saturated carbocycles. The van der Waals surface area contributed by atoms with E-state index in [0.717, 1.165) is 12.5 Å². The summed E-state index contributed by atoms with van der Waals surface area (Å²) >= 11 is 0. The lowest BCUT2D eigenvalue weighted by molar-refractivity contribution is 0.364. The van der Waals surface area contributed by atoms with Crippen LogP contribution in [0.4, 0.5) is 4.39 Å². The van der Waals surface area contributed by atoms with Gasteiger partial charge in [-0.2, -0.15) is 0 Å². The van der Waals surface area contributed by atoms with Crippen LogP contribution in [0.25, 0.3) is 0 Å². The summed E-state index contributed by atoms with van der Waals surface area (Å²) < 4.78 is 18.0. The van der Waals surface area contributed by atoms with Gasteiger partial charge in [0.05, 0.1) is 7.11 Å². The fraction of sp³-hybridized carbons (Fsp3) is 0.455. The Morgan fingerprint density at radius 3 is 2.73 bits per heavy atom. The number of methoxy groups -OCH3 is 1. The quantitative estimate of drug-likeness (QED) is 0.807. The van der Waals surface area contributed by atoms with Gasteiger partial charge in [-0.1, -0.05) is 13.3 Å². The van der Waals surface area contributed by atoms with Gasteiger partial charge < -0.3 is 15.6 Å². The number of benzene rings is 1. The molecule has 0 aliphatic rings. The van der Waals surface area contributed by atoms with Crippen LogP contribution in [-0.2, 0) is 0 Å². The molecule has 0 bridgehead atoms. The van der Waals surface area contributed by atoms with Crippen molar-refractivity contribution >= 4 is 0 Å². The summed E-state index contributed by atoms with van der Waals surface area (Å²) in [6, 6.07) is 2.02. The molecule has 0 spiro atoms. The number of ether oxygens (including phenoxy) is 1. The first-order valence-corrected chi connectivity index (χ1v) is 4.92. The summed E-state index contributed by atoms with van der Waals surface area (Å²) in [5.41, 5.74) is 6.21. The van der Waals surface area contributed by atoms with E-state index in [0.29, 0.717) is 12.0 Å². The van der Waals surface area contributed by atoms with Crippen molar-refractivity contribution < 1.29 is 14.2 Å². The summed E-state index contributed by atoms with van der Waals surface area (Å²) in [7, 11) is 1.38. The van der Waals surface area contributed by atoms with E-state index in [1.165, 1.54) is 13.2 Å². The molecule has 1 rings (SSSR count). The van der Waals surface area contributed by atoms with E-state index in [2.05, 4.69) is 0 Å². The van der Waals surface area contributed by atoms with Crippen molar-refractivity contribution in [1.29, 1.82) is 0 Å². The molecule has 15 heavy (non-hydrogen) atoms. The minimum absolute atomic E-state index is 0.0696. The van der Waals surface area contributed by atoms with Gasteiger partial charge in [0.15, 0.2) is 11.5 Å². The van der Waals surface area contributed by atoms with Crippen LogP contribution in [0.5, 0.6) is 11.5 Å². The van der Waals surface area contributed by atoms with E-state index in [1.807, 2.05) is 6.92 Å².